The highest BCUT2D eigenvalue weighted by atomic mass is 32.2. The highest BCUT2D eigenvalue weighted by molar-refractivity contribution is 7.98. The molecule has 0 saturated heterocycles. The minimum atomic E-state index is -0.109. The molecule has 0 unspecified atom stereocenters. The van der Waals surface area contributed by atoms with Crippen molar-refractivity contribution in [3.05, 3.63) is 89.7 Å². The lowest BCUT2D eigenvalue weighted by Crippen LogP contribution is -2.22. The summed E-state index contributed by atoms with van der Waals surface area (Å²) in [6.07, 6.45) is 3.43. The van der Waals surface area contributed by atoms with Crippen molar-refractivity contribution >= 4 is 17.7 Å². The number of nitrogens with zero attached hydrogens (tertiary/aromatic N) is 4. The zero-order valence-electron chi connectivity index (χ0n) is 20.5. The van der Waals surface area contributed by atoms with E-state index < -0.39 is 0 Å². The van der Waals surface area contributed by atoms with Crippen LogP contribution in [-0.2, 0) is 17.0 Å². The van der Waals surface area contributed by atoms with Gasteiger partial charge in [-0.2, -0.15) is 0 Å². The van der Waals surface area contributed by atoms with Crippen LogP contribution in [0.15, 0.2) is 78.2 Å². The van der Waals surface area contributed by atoms with Crippen molar-refractivity contribution in [2.24, 2.45) is 0 Å². The molecule has 4 rings (SSSR count). The average molecular weight is 504 g/mol. The molecule has 0 aliphatic heterocycles. The second kappa shape index (κ2) is 12.3. The van der Waals surface area contributed by atoms with Gasteiger partial charge in [-0.25, -0.2) is 0 Å². The molecule has 0 bridgehead atoms. The van der Waals surface area contributed by atoms with Gasteiger partial charge in [-0.3, -0.25) is 14.3 Å². The second-order valence-electron chi connectivity index (χ2n) is 8.24. The number of aromatic nitrogens is 4. The van der Waals surface area contributed by atoms with Gasteiger partial charge in [0.1, 0.15) is 5.75 Å². The van der Waals surface area contributed by atoms with Gasteiger partial charge in [0.2, 0.25) is 0 Å². The van der Waals surface area contributed by atoms with Gasteiger partial charge in [0.15, 0.2) is 11.0 Å². The molecule has 2 aromatic heterocycles. The van der Waals surface area contributed by atoms with Crippen LogP contribution >= 0.6 is 11.8 Å². The lowest BCUT2D eigenvalue weighted by atomic mass is 10.1. The maximum absolute atomic E-state index is 12.5. The molecule has 0 spiro atoms. The van der Waals surface area contributed by atoms with E-state index in [9.17, 15) is 4.79 Å². The number of rotatable bonds is 11. The van der Waals surface area contributed by atoms with Crippen LogP contribution in [0.25, 0.3) is 11.4 Å². The van der Waals surface area contributed by atoms with E-state index in [1.54, 1.807) is 38.4 Å². The lowest BCUT2D eigenvalue weighted by Gasteiger charge is -2.17. The van der Waals surface area contributed by atoms with Gasteiger partial charge in [-0.1, -0.05) is 36.0 Å². The van der Waals surface area contributed by atoms with Crippen molar-refractivity contribution in [3.63, 3.8) is 0 Å². The molecule has 2 heterocycles. The third-order valence-electron chi connectivity index (χ3n) is 5.63. The van der Waals surface area contributed by atoms with Crippen molar-refractivity contribution in [1.29, 1.82) is 0 Å². The molecule has 186 valence electrons. The van der Waals surface area contributed by atoms with Crippen LogP contribution in [0.4, 0.5) is 0 Å². The van der Waals surface area contributed by atoms with E-state index in [1.807, 2.05) is 60.7 Å². The number of carbonyl (C=O) groups is 1. The Bertz CT molecular complexity index is 1280. The zero-order valence-corrected chi connectivity index (χ0v) is 21.4. The number of pyridine rings is 1. The molecule has 1 atom stereocenters. The SMILES string of the molecule is COC[C@H](C)n1c(SCc2ccc(C(=O)NCc3ccncc3)cc2)nnc1-c1cccc(OC)c1. The molecule has 36 heavy (non-hydrogen) atoms. The fourth-order valence-electron chi connectivity index (χ4n) is 3.73. The number of thioether (sulfide) groups is 1. The van der Waals surface area contributed by atoms with Crippen molar-refractivity contribution in [2.45, 2.75) is 30.4 Å². The van der Waals surface area contributed by atoms with E-state index in [0.29, 0.717) is 24.5 Å². The number of benzene rings is 2. The zero-order chi connectivity index (χ0) is 25.3. The molecule has 4 aromatic rings. The summed E-state index contributed by atoms with van der Waals surface area (Å²) in [6, 6.07) is 19.2. The molecule has 0 fully saturated rings. The Morgan fingerprint density at radius 1 is 1.03 bits per heavy atom. The van der Waals surface area contributed by atoms with Crippen LogP contribution in [0.2, 0.25) is 0 Å². The number of carbonyl (C=O) groups excluding carboxylic acids is 1. The Morgan fingerprint density at radius 2 is 1.81 bits per heavy atom. The van der Waals surface area contributed by atoms with Gasteiger partial charge in [0.25, 0.3) is 5.91 Å². The predicted octanol–water partition coefficient (Wildman–Crippen LogP) is 4.78. The van der Waals surface area contributed by atoms with Gasteiger partial charge in [-0.05, 0) is 54.4 Å². The lowest BCUT2D eigenvalue weighted by molar-refractivity contribution is 0.0951. The second-order valence-corrected chi connectivity index (χ2v) is 9.18. The maximum atomic E-state index is 12.5. The van der Waals surface area contributed by atoms with Crippen molar-refractivity contribution in [2.75, 3.05) is 20.8 Å². The molecule has 0 radical (unpaired) electrons. The smallest absolute Gasteiger partial charge is 0.251 e. The van der Waals surface area contributed by atoms with Crippen molar-refractivity contribution in [3.8, 4) is 17.1 Å². The largest absolute Gasteiger partial charge is 0.497 e. The average Bonchev–Trinajstić information content (AvgIpc) is 3.36. The van der Waals surface area contributed by atoms with Crippen LogP contribution in [0.5, 0.6) is 5.75 Å². The summed E-state index contributed by atoms with van der Waals surface area (Å²) >= 11 is 1.60. The topological polar surface area (TPSA) is 91.2 Å². The summed E-state index contributed by atoms with van der Waals surface area (Å²) in [7, 11) is 3.34. The molecule has 2 aromatic carbocycles. The van der Waals surface area contributed by atoms with Gasteiger partial charge in [-0.15, -0.1) is 10.2 Å². The number of methoxy groups -OCH3 is 2. The highest BCUT2D eigenvalue weighted by Gasteiger charge is 2.20. The molecule has 0 aliphatic rings. The third kappa shape index (κ3) is 6.30. The maximum Gasteiger partial charge on any atom is 0.251 e. The van der Waals surface area contributed by atoms with E-state index in [2.05, 4.69) is 32.0 Å². The summed E-state index contributed by atoms with van der Waals surface area (Å²) in [5, 5.41) is 12.7. The van der Waals surface area contributed by atoms with Gasteiger partial charge in [0, 0.05) is 42.9 Å². The van der Waals surface area contributed by atoms with E-state index >= 15 is 0 Å². The first-order valence-corrected chi connectivity index (χ1v) is 12.5. The Balaban J connectivity index is 1.44. The van der Waals surface area contributed by atoms with Crippen molar-refractivity contribution < 1.29 is 14.3 Å². The molecule has 1 N–H and O–H groups in total. The van der Waals surface area contributed by atoms with Crippen LogP contribution in [-0.4, -0.2) is 46.5 Å². The Morgan fingerprint density at radius 3 is 2.53 bits per heavy atom. The molecule has 0 saturated carbocycles. The van der Waals surface area contributed by atoms with Crippen LogP contribution < -0.4 is 10.1 Å². The fourth-order valence-corrected chi connectivity index (χ4v) is 4.73. The molecular weight excluding hydrogens is 474 g/mol. The van der Waals surface area contributed by atoms with Gasteiger partial charge < -0.3 is 14.8 Å². The van der Waals surface area contributed by atoms with Gasteiger partial charge >= 0.3 is 0 Å². The molecule has 8 nitrogen and oxygen atoms in total. The first-order valence-electron chi connectivity index (χ1n) is 11.6. The van der Waals surface area contributed by atoms with E-state index in [4.69, 9.17) is 9.47 Å². The van der Waals surface area contributed by atoms with Crippen LogP contribution in [0, 0.1) is 0 Å². The Hall–Kier alpha value is -3.69. The minimum Gasteiger partial charge on any atom is -0.497 e. The number of amides is 1. The summed E-state index contributed by atoms with van der Waals surface area (Å²) in [4.78, 5) is 16.5. The monoisotopic (exact) mass is 503 g/mol. The summed E-state index contributed by atoms with van der Waals surface area (Å²) in [5.41, 5.74) is 3.64. The quantitative estimate of drug-likeness (QED) is 0.295. The fraction of sp³-hybridized carbons (Fsp3) is 0.259. The van der Waals surface area contributed by atoms with Crippen molar-refractivity contribution in [1.82, 2.24) is 25.1 Å². The number of nitrogens with one attached hydrogen (secondary N) is 1. The van der Waals surface area contributed by atoms with E-state index in [1.165, 1.54) is 0 Å². The Kier molecular flexibility index (Phi) is 8.70. The normalized spacial score (nSPS) is 11.8. The summed E-state index contributed by atoms with van der Waals surface area (Å²) in [5.74, 6) is 2.11. The van der Waals surface area contributed by atoms with E-state index in [-0.39, 0.29) is 11.9 Å². The number of hydrogen-bond acceptors (Lipinski definition) is 7. The first-order chi connectivity index (χ1) is 17.6. The first kappa shape index (κ1) is 25.4. The Labute approximate surface area is 215 Å². The molecular formula is C27H29N5O3S. The summed E-state index contributed by atoms with van der Waals surface area (Å²) in [6.45, 7) is 3.08. The van der Waals surface area contributed by atoms with Gasteiger partial charge in [0.05, 0.1) is 19.8 Å². The van der Waals surface area contributed by atoms with Crippen LogP contribution in [0.1, 0.15) is 34.5 Å². The standard InChI is InChI=1S/C27H29N5O3S/c1-19(17-34-2)32-25(23-5-4-6-24(15-23)35-3)30-31-27(32)36-18-21-7-9-22(10-8-21)26(33)29-16-20-11-13-28-14-12-20/h4-15,19H,16-18H2,1-3H3,(H,29,33)/t19-/m0/s1. The minimum absolute atomic E-state index is 0.0418. The predicted molar refractivity (Wildman–Crippen MR) is 140 cm³/mol. The molecule has 1 amide bonds. The number of ether oxygens (including phenoxy) is 2. The van der Waals surface area contributed by atoms with E-state index in [0.717, 1.165) is 33.4 Å². The highest BCUT2D eigenvalue weighted by Crippen LogP contribution is 2.31. The molecule has 0 aliphatic carbocycles. The van der Waals surface area contributed by atoms with Crippen LogP contribution in [0.3, 0.4) is 0 Å². The summed E-state index contributed by atoms with van der Waals surface area (Å²) < 4.78 is 12.9. The number of hydrogen-bond donors (Lipinski definition) is 1. The third-order valence-corrected chi connectivity index (χ3v) is 6.64. The molecule has 9 heteroatoms.